The molecule has 0 aromatic rings. The Morgan fingerprint density at radius 2 is 2.07 bits per heavy atom. The molecule has 2 N–H and O–H groups in total. The minimum atomic E-state index is -0.457. The minimum absolute atomic E-state index is 0.0258. The molecule has 0 bridgehead atoms. The SMILES string of the molecule is COC(C)(C)CC(=O)N(C)C(C)C(N)=S. The Morgan fingerprint density at radius 1 is 1.60 bits per heavy atom. The van der Waals surface area contributed by atoms with Crippen LogP contribution in [0.4, 0.5) is 0 Å². The van der Waals surface area contributed by atoms with E-state index in [1.807, 2.05) is 13.8 Å². The molecule has 0 aliphatic rings. The number of nitrogens with two attached hydrogens (primary N) is 1. The van der Waals surface area contributed by atoms with Crippen molar-refractivity contribution in [1.29, 1.82) is 0 Å². The zero-order valence-electron chi connectivity index (χ0n) is 10.0. The quantitative estimate of drug-likeness (QED) is 0.717. The molecule has 15 heavy (non-hydrogen) atoms. The van der Waals surface area contributed by atoms with Gasteiger partial charge in [-0.2, -0.15) is 0 Å². The normalized spacial score (nSPS) is 13.4. The highest BCUT2D eigenvalue weighted by molar-refractivity contribution is 7.80. The van der Waals surface area contributed by atoms with Crippen LogP contribution < -0.4 is 5.73 Å². The number of likely N-dealkylation sites (N-methyl/N-ethyl adjacent to an activating group) is 1. The topological polar surface area (TPSA) is 55.6 Å². The maximum absolute atomic E-state index is 11.8. The first-order valence-corrected chi connectivity index (χ1v) is 5.22. The van der Waals surface area contributed by atoms with Gasteiger partial charge in [-0.3, -0.25) is 4.79 Å². The molecule has 1 atom stereocenters. The Morgan fingerprint density at radius 3 is 2.40 bits per heavy atom. The van der Waals surface area contributed by atoms with Crippen molar-refractivity contribution in [3.63, 3.8) is 0 Å². The lowest BCUT2D eigenvalue weighted by Crippen LogP contribution is -2.45. The molecule has 1 unspecified atom stereocenters. The van der Waals surface area contributed by atoms with Crippen molar-refractivity contribution in [3.8, 4) is 0 Å². The molecule has 88 valence electrons. The number of nitrogens with zero attached hydrogens (tertiary/aromatic N) is 1. The summed E-state index contributed by atoms with van der Waals surface area (Å²) in [6.07, 6.45) is 0.312. The Bertz CT molecular complexity index is 254. The van der Waals surface area contributed by atoms with E-state index in [1.54, 1.807) is 26.0 Å². The van der Waals surface area contributed by atoms with E-state index in [9.17, 15) is 4.79 Å². The van der Waals surface area contributed by atoms with E-state index >= 15 is 0 Å². The predicted octanol–water partition coefficient (Wildman–Crippen LogP) is 0.934. The third-order valence-electron chi connectivity index (χ3n) is 2.52. The molecule has 0 spiro atoms. The second-order valence-electron chi connectivity index (χ2n) is 4.22. The maximum Gasteiger partial charge on any atom is 0.225 e. The lowest BCUT2D eigenvalue weighted by molar-refractivity contribution is -0.135. The lowest BCUT2D eigenvalue weighted by Gasteiger charge is -2.28. The number of ether oxygens (including phenoxy) is 1. The minimum Gasteiger partial charge on any atom is -0.392 e. The number of hydrogen-bond acceptors (Lipinski definition) is 3. The summed E-state index contributed by atoms with van der Waals surface area (Å²) in [6.45, 7) is 5.54. The van der Waals surface area contributed by atoms with Gasteiger partial charge in [0.25, 0.3) is 0 Å². The highest BCUT2D eigenvalue weighted by Crippen LogP contribution is 2.15. The largest absolute Gasteiger partial charge is 0.392 e. The summed E-state index contributed by atoms with van der Waals surface area (Å²) in [6, 6.07) is -0.222. The molecule has 0 aromatic carbocycles. The Kier molecular flexibility index (Phi) is 5.17. The van der Waals surface area contributed by atoms with Gasteiger partial charge in [-0.25, -0.2) is 0 Å². The lowest BCUT2D eigenvalue weighted by atomic mass is 10.0. The van der Waals surface area contributed by atoms with E-state index < -0.39 is 5.60 Å². The molecule has 0 aliphatic heterocycles. The third-order valence-corrected chi connectivity index (χ3v) is 2.86. The van der Waals surface area contributed by atoms with Crippen LogP contribution in [0, 0.1) is 0 Å². The van der Waals surface area contributed by atoms with E-state index in [1.165, 1.54) is 0 Å². The first-order chi connectivity index (χ1) is 6.71. The first-order valence-electron chi connectivity index (χ1n) is 4.81. The first kappa shape index (κ1) is 14.3. The van der Waals surface area contributed by atoms with Gasteiger partial charge in [-0.1, -0.05) is 12.2 Å². The van der Waals surface area contributed by atoms with Crippen LogP contribution in [-0.4, -0.2) is 41.6 Å². The number of thiocarbonyl (C=S) groups is 1. The van der Waals surface area contributed by atoms with Crippen molar-refractivity contribution in [2.45, 2.75) is 38.8 Å². The molecule has 5 heteroatoms. The van der Waals surface area contributed by atoms with Gasteiger partial charge < -0.3 is 15.4 Å². The van der Waals surface area contributed by atoms with Crippen molar-refractivity contribution in [3.05, 3.63) is 0 Å². The highest BCUT2D eigenvalue weighted by atomic mass is 32.1. The smallest absolute Gasteiger partial charge is 0.225 e. The average Bonchev–Trinajstić information content (AvgIpc) is 2.14. The van der Waals surface area contributed by atoms with Crippen LogP contribution in [0.3, 0.4) is 0 Å². The van der Waals surface area contributed by atoms with Gasteiger partial charge in [0, 0.05) is 14.2 Å². The Balaban J connectivity index is 4.40. The summed E-state index contributed by atoms with van der Waals surface area (Å²) in [5.41, 5.74) is 5.02. The molecule has 0 heterocycles. The van der Waals surface area contributed by atoms with Crippen LogP contribution in [-0.2, 0) is 9.53 Å². The maximum atomic E-state index is 11.8. The van der Waals surface area contributed by atoms with Crippen LogP contribution in [0.2, 0.25) is 0 Å². The van der Waals surface area contributed by atoms with E-state index in [-0.39, 0.29) is 11.9 Å². The van der Waals surface area contributed by atoms with E-state index in [4.69, 9.17) is 22.7 Å². The summed E-state index contributed by atoms with van der Waals surface area (Å²) in [5, 5.41) is 0. The molecule has 0 saturated heterocycles. The van der Waals surface area contributed by atoms with Gasteiger partial charge in [0.05, 0.1) is 23.1 Å². The van der Waals surface area contributed by atoms with Crippen molar-refractivity contribution in [2.24, 2.45) is 5.73 Å². The van der Waals surface area contributed by atoms with Gasteiger partial charge in [-0.15, -0.1) is 0 Å². The Hall–Kier alpha value is -0.680. The van der Waals surface area contributed by atoms with Crippen LogP contribution >= 0.6 is 12.2 Å². The van der Waals surface area contributed by atoms with E-state index in [0.29, 0.717) is 11.4 Å². The summed E-state index contributed by atoms with van der Waals surface area (Å²) < 4.78 is 5.19. The fraction of sp³-hybridized carbons (Fsp3) is 0.800. The van der Waals surface area contributed by atoms with Crippen molar-refractivity contribution >= 4 is 23.1 Å². The van der Waals surface area contributed by atoms with Crippen LogP contribution in [0.1, 0.15) is 27.2 Å². The van der Waals surface area contributed by atoms with Gasteiger partial charge in [0.1, 0.15) is 0 Å². The van der Waals surface area contributed by atoms with Crippen LogP contribution in [0.25, 0.3) is 0 Å². The Labute approximate surface area is 96.8 Å². The van der Waals surface area contributed by atoms with Crippen molar-refractivity contribution in [2.75, 3.05) is 14.2 Å². The zero-order valence-corrected chi connectivity index (χ0v) is 10.9. The van der Waals surface area contributed by atoms with Crippen molar-refractivity contribution in [1.82, 2.24) is 4.90 Å². The standard InChI is InChI=1S/C10H20N2O2S/c1-7(9(11)15)12(4)8(13)6-10(2,3)14-5/h7H,6H2,1-5H3,(H2,11,15). The van der Waals surface area contributed by atoms with Gasteiger partial charge in [0.2, 0.25) is 5.91 Å². The number of carbonyl (C=O) groups is 1. The number of hydrogen-bond donors (Lipinski definition) is 1. The second-order valence-corrected chi connectivity index (χ2v) is 4.69. The average molecular weight is 232 g/mol. The molecule has 0 aromatic heterocycles. The molecular weight excluding hydrogens is 212 g/mol. The summed E-state index contributed by atoms with van der Waals surface area (Å²) >= 11 is 4.84. The summed E-state index contributed by atoms with van der Waals surface area (Å²) in [5.74, 6) is -0.0258. The number of amides is 1. The van der Waals surface area contributed by atoms with Crippen LogP contribution in [0.5, 0.6) is 0 Å². The van der Waals surface area contributed by atoms with E-state index in [2.05, 4.69) is 0 Å². The molecule has 0 fully saturated rings. The summed E-state index contributed by atoms with van der Waals surface area (Å²) in [7, 11) is 3.28. The number of rotatable bonds is 5. The molecule has 0 rings (SSSR count). The van der Waals surface area contributed by atoms with E-state index in [0.717, 1.165) is 0 Å². The summed E-state index contributed by atoms with van der Waals surface area (Å²) in [4.78, 5) is 13.7. The molecule has 0 radical (unpaired) electrons. The van der Waals surface area contributed by atoms with Gasteiger partial charge in [-0.05, 0) is 20.8 Å². The van der Waals surface area contributed by atoms with Crippen molar-refractivity contribution < 1.29 is 9.53 Å². The third kappa shape index (κ3) is 4.57. The van der Waals surface area contributed by atoms with Gasteiger partial charge >= 0.3 is 0 Å². The van der Waals surface area contributed by atoms with Crippen LogP contribution in [0.15, 0.2) is 0 Å². The number of carbonyl (C=O) groups excluding carboxylic acids is 1. The van der Waals surface area contributed by atoms with Gasteiger partial charge in [0.15, 0.2) is 0 Å². The highest BCUT2D eigenvalue weighted by Gasteiger charge is 2.25. The number of methoxy groups -OCH3 is 1. The molecule has 1 amide bonds. The zero-order chi connectivity index (χ0) is 12.2. The molecule has 0 aliphatic carbocycles. The fourth-order valence-electron chi connectivity index (χ4n) is 0.968. The fourth-order valence-corrected chi connectivity index (χ4v) is 1.13. The predicted molar refractivity (Wildman–Crippen MR) is 64.7 cm³/mol. The monoisotopic (exact) mass is 232 g/mol. The molecule has 4 nitrogen and oxygen atoms in total. The molecule has 0 saturated carbocycles. The molecular formula is C10H20N2O2S. The second kappa shape index (κ2) is 5.42.